The maximum atomic E-state index is 14.3. The minimum absolute atomic E-state index is 0.0391. The van der Waals surface area contributed by atoms with Crippen LogP contribution in [0.5, 0.6) is 0 Å². The molecule has 0 bridgehead atoms. The molecule has 2 N–H and O–H groups in total. The molecule has 7 nitrogen and oxygen atoms in total. The quantitative estimate of drug-likeness (QED) is 0.480. The summed E-state index contributed by atoms with van der Waals surface area (Å²) in [4.78, 5) is 32.7. The zero-order chi connectivity index (χ0) is 24.1. The van der Waals surface area contributed by atoms with Crippen molar-refractivity contribution in [3.8, 4) is 0 Å². The first kappa shape index (κ1) is 24.8. The smallest absolute Gasteiger partial charge is 0.324 e. The highest BCUT2D eigenvalue weighted by Gasteiger charge is 2.35. The number of thioether (sulfide) groups is 1. The second-order valence-corrected chi connectivity index (χ2v) is 11.4. The van der Waals surface area contributed by atoms with Crippen molar-refractivity contribution in [1.29, 1.82) is 0 Å². The van der Waals surface area contributed by atoms with E-state index in [2.05, 4.69) is 22.1 Å². The molecule has 2 aromatic rings. The lowest BCUT2D eigenvalue weighted by molar-refractivity contribution is -0.133. The van der Waals surface area contributed by atoms with Crippen molar-refractivity contribution in [2.75, 3.05) is 29.1 Å². The first-order valence-corrected chi connectivity index (χ1v) is 13.6. The van der Waals surface area contributed by atoms with Crippen molar-refractivity contribution in [1.82, 2.24) is 9.88 Å². The van der Waals surface area contributed by atoms with E-state index in [-0.39, 0.29) is 29.7 Å². The molecular formula is C24H31FN4O3S2. The number of aromatic nitrogens is 1. The van der Waals surface area contributed by atoms with Gasteiger partial charge >= 0.3 is 12.0 Å². The summed E-state index contributed by atoms with van der Waals surface area (Å²) in [5, 5.41) is 12.3. The average molecular weight is 507 g/mol. The van der Waals surface area contributed by atoms with Crippen LogP contribution < -0.4 is 10.2 Å². The zero-order valence-corrected chi connectivity index (χ0v) is 20.9. The molecule has 1 aliphatic heterocycles. The highest BCUT2D eigenvalue weighted by molar-refractivity contribution is 8.01. The van der Waals surface area contributed by atoms with Crippen LogP contribution in [0, 0.1) is 11.7 Å². The molecule has 2 fully saturated rings. The number of hydrogen-bond donors (Lipinski definition) is 2. The standard InChI is InChI=1S/C24H31FN4O3S2/c1-16-6-8-17(9-7-16)29(24(32)27-23-26-14-22(34-23)33-15-21(30)31)18-10-12-28(13-11-18)20-5-3-2-4-19(20)25/h2-5,14,16-18H,6-13,15H2,1H3,(H,30,31)(H,26,27,32). The molecule has 10 heteroatoms. The zero-order valence-electron chi connectivity index (χ0n) is 19.3. The van der Waals surface area contributed by atoms with E-state index in [9.17, 15) is 14.0 Å². The molecule has 0 unspecified atom stereocenters. The molecule has 2 amide bonds. The Morgan fingerprint density at radius 2 is 1.85 bits per heavy atom. The van der Waals surface area contributed by atoms with E-state index in [0.29, 0.717) is 29.8 Å². The average Bonchev–Trinajstić information content (AvgIpc) is 3.27. The number of urea groups is 1. The van der Waals surface area contributed by atoms with Gasteiger partial charge in [-0.05, 0) is 56.6 Å². The van der Waals surface area contributed by atoms with Gasteiger partial charge in [0.2, 0.25) is 0 Å². The van der Waals surface area contributed by atoms with Gasteiger partial charge in [0.15, 0.2) is 5.13 Å². The summed E-state index contributed by atoms with van der Waals surface area (Å²) in [6.07, 6.45) is 7.36. The number of halogens is 1. The number of piperidine rings is 1. The SMILES string of the molecule is CC1CCC(N(C(=O)Nc2ncc(SCC(=O)O)s2)C2CCN(c3ccccc3F)CC2)CC1. The van der Waals surface area contributed by atoms with Gasteiger partial charge in [0.1, 0.15) is 5.82 Å². The Balaban J connectivity index is 1.44. The second kappa shape index (κ2) is 11.4. The van der Waals surface area contributed by atoms with Gasteiger partial charge in [0, 0.05) is 25.2 Å². The fourth-order valence-electron chi connectivity index (χ4n) is 4.92. The van der Waals surface area contributed by atoms with Gasteiger partial charge in [-0.15, -0.1) is 11.8 Å². The third-order valence-corrected chi connectivity index (χ3v) is 8.79. The highest BCUT2D eigenvalue weighted by Crippen LogP contribution is 2.33. The van der Waals surface area contributed by atoms with Gasteiger partial charge in [0.05, 0.1) is 21.8 Å². The van der Waals surface area contributed by atoms with Crippen molar-refractivity contribution < 1.29 is 19.1 Å². The molecule has 0 spiro atoms. The van der Waals surface area contributed by atoms with Gasteiger partial charge in [-0.2, -0.15) is 0 Å². The summed E-state index contributed by atoms with van der Waals surface area (Å²) in [6, 6.07) is 6.97. The number of carboxylic acid groups (broad SMARTS) is 1. The Hall–Kier alpha value is -2.33. The maximum absolute atomic E-state index is 14.3. The Labute approximate surface area is 207 Å². The monoisotopic (exact) mass is 506 g/mol. The molecule has 2 aliphatic rings. The Bertz CT molecular complexity index is 988. The summed E-state index contributed by atoms with van der Waals surface area (Å²) in [5.74, 6) is -0.458. The predicted molar refractivity (Wildman–Crippen MR) is 134 cm³/mol. The molecule has 0 radical (unpaired) electrons. The van der Waals surface area contributed by atoms with Crippen LogP contribution in [0.1, 0.15) is 45.4 Å². The van der Waals surface area contributed by atoms with E-state index in [4.69, 9.17) is 5.11 Å². The van der Waals surface area contributed by atoms with Crippen molar-refractivity contribution in [2.45, 2.75) is 61.7 Å². The number of rotatable bonds is 7. The number of carboxylic acids is 1. The van der Waals surface area contributed by atoms with Gasteiger partial charge < -0.3 is 14.9 Å². The topological polar surface area (TPSA) is 85.8 Å². The summed E-state index contributed by atoms with van der Waals surface area (Å²) < 4.78 is 15.0. The molecule has 1 aromatic heterocycles. The summed E-state index contributed by atoms with van der Waals surface area (Å²) in [6.45, 7) is 3.66. The van der Waals surface area contributed by atoms with Gasteiger partial charge in [0.25, 0.3) is 0 Å². The Morgan fingerprint density at radius 1 is 1.18 bits per heavy atom. The number of nitrogens with one attached hydrogen (secondary N) is 1. The van der Waals surface area contributed by atoms with E-state index in [1.807, 2.05) is 17.0 Å². The van der Waals surface area contributed by atoms with Crippen LogP contribution in [0.25, 0.3) is 0 Å². The number of aliphatic carboxylic acids is 1. The number of hydrogen-bond acceptors (Lipinski definition) is 6. The van der Waals surface area contributed by atoms with Crippen LogP contribution in [0.4, 0.5) is 20.0 Å². The number of thiazole rings is 1. The van der Waals surface area contributed by atoms with Crippen molar-refractivity contribution >= 4 is 45.9 Å². The van der Waals surface area contributed by atoms with E-state index >= 15 is 0 Å². The minimum atomic E-state index is -0.886. The number of anilines is 2. The maximum Gasteiger partial charge on any atom is 0.324 e. The number of benzene rings is 1. The molecule has 1 saturated heterocycles. The molecule has 2 heterocycles. The number of carbonyl (C=O) groups is 2. The third kappa shape index (κ3) is 6.21. The van der Waals surface area contributed by atoms with Crippen LogP contribution in [0.2, 0.25) is 0 Å². The van der Waals surface area contributed by atoms with Crippen molar-refractivity contribution in [3.63, 3.8) is 0 Å². The molecule has 4 rings (SSSR count). The summed E-state index contributed by atoms with van der Waals surface area (Å²) in [7, 11) is 0. The van der Waals surface area contributed by atoms with Crippen LogP contribution in [0.15, 0.2) is 34.7 Å². The Kier molecular flexibility index (Phi) is 8.31. The molecule has 34 heavy (non-hydrogen) atoms. The number of para-hydroxylation sites is 1. The van der Waals surface area contributed by atoms with Crippen molar-refractivity contribution in [3.05, 3.63) is 36.3 Å². The third-order valence-electron chi connectivity index (χ3n) is 6.70. The lowest BCUT2D eigenvalue weighted by Crippen LogP contribution is -2.54. The molecule has 184 valence electrons. The predicted octanol–water partition coefficient (Wildman–Crippen LogP) is 5.54. The lowest BCUT2D eigenvalue weighted by Gasteiger charge is -2.44. The van der Waals surface area contributed by atoms with Crippen LogP contribution in [0.3, 0.4) is 0 Å². The first-order valence-electron chi connectivity index (χ1n) is 11.8. The summed E-state index contributed by atoms with van der Waals surface area (Å²) >= 11 is 2.49. The normalized spacial score (nSPS) is 21.3. The van der Waals surface area contributed by atoms with Gasteiger partial charge in [-0.3, -0.25) is 10.1 Å². The van der Waals surface area contributed by atoms with E-state index in [1.165, 1.54) is 29.2 Å². The lowest BCUT2D eigenvalue weighted by atomic mass is 9.85. The van der Waals surface area contributed by atoms with Crippen LogP contribution in [-0.4, -0.2) is 57.9 Å². The van der Waals surface area contributed by atoms with E-state index < -0.39 is 5.97 Å². The Morgan fingerprint density at radius 3 is 2.53 bits per heavy atom. The fraction of sp³-hybridized carbons (Fsp3) is 0.542. The van der Waals surface area contributed by atoms with E-state index in [0.717, 1.165) is 42.7 Å². The number of carbonyl (C=O) groups excluding carboxylic acids is 1. The molecule has 0 atom stereocenters. The summed E-state index contributed by atoms with van der Waals surface area (Å²) in [5.41, 5.74) is 0.623. The fourth-order valence-corrected chi connectivity index (χ4v) is 6.50. The molecule has 1 saturated carbocycles. The first-order chi connectivity index (χ1) is 16.4. The highest BCUT2D eigenvalue weighted by atomic mass is 32.2. The van der Waals surface area contributed by atoms with Crippen LogP contribution in [-0.2, 0) is 4.79 Å². The number of nitrogens with zero attached hydrogens (tertiary/aromatic N) is 3. The minimum Gasteiger partial charge on any atom is -0.481 e. The number of amides is 2. The molecular weight excluding hydrogens is 475 g/mol. The van der Waals surface area contributed by atoms with E-state index in [1.54, 1.807) is 12.3 Å². The molecule has 1 aromatic carbocycles. The largest absolute Gasteiger partial charge is 0.481 e. The van der Waals surface area contributed by atoms with Crippen LogP contribution >= 0.6 is 23.1 Å². The van der Waals surface area contributed by atoms with Crippen molar-refractivity contribution in [2.24, 2.45) is 5.92 Å². The van der Waals surface area contributed by atoms with Gasteiger partial charge in [-0.1, -0.05) is 30.4 Å². The molecule has 1 aliphatic carbocycles. The second-order valence-electron chi connectivity index (χ2n) is 9.09. The van der Waals surface area contributed by atoms with Gasteiger partial charge in [-0.25, -0.2) is 14.2 Å².